The summed E-state index contributed by atoms with van der Waals surface area (Å²) in [6, 6.07) is 0.881. The molecule has 90 valence electrons. The van der Waals surface area contributed by atoms with Crippen LogP contribution in [-0.4, -0.2) is 40.6 Å². The van der Waals surface area contributed by atoms with Gasteiger partial charge in [-0.25, -0.2) is 4.98 Å². The predicted molar refractivity (Wildman–Crippen MR) is 61.0 cm³/mol. The molecular weight excluding hydrogens is 204 g/mol. The van der Waals surface area contributed by atoms with Gasteiger partial charge in [-0.05, 0) is 25.7 Å². The Morgan fingerprint density at radius 3 is 2.94 bits per heavy atom. The van der Waals surface area contributed by atoms with Crippen LogP contribution in [0, 0.1) is 5.92 Å². The third-order valence-electron chi connectivity index (χ3n) is 2.96. The first kappa shape index (κ1) is 11.5. The lowest BCUT2D eigenvalue weighted by Crippen LogP contribution is -2.43. The molecule has 0 spiro atoms. The summed E-state index contributed by atoms with van der Waals surface area (Å²) >= 11 is 0. The molecule has 1 N–H and O–H groups in total. The van der Waals surface area contributed by atoms with E-state index in [0.29, 0.717) is 12.1 Å². The summed E-state index contributed by atoms with van der Waals surface area (Å²) in [5, 5.41) is 7.71. The molecule has 0 bridgehead atoms. The van der Waals surface area contributed by atoms with Gasteiger partial charge < -0.3 is 10.1 Å². The normalized spacial score (nSPS) is 19.6. The Kier molecular flexibility index (Phi) is 3.90. The van der Waals surface area contributed by atoms with Crippen LogP contribution in [0.2, 0.25) is 0 Å². The molecule has 2 atom stereocenters. The van der Waals surface area contributed by atoms with Crippen molar-refractivity contribution in [3.8, 4) is 0 Å². The van der Waals surface area contributed by atoms with Crippen LogP contribution in [0.4, 0.5) is 0 Å². The van der Waals surface area contributed by atoms with Crippen molar-refractivity contribution in [1.29, 1.82) is 0 Å². The zero-order valence-corrected chi connectivity index (χ0v) is 9.97. The highest BCUT2D eigenvalue weighted by Crippen LogP contribution is 2.32. The molecule has 1 fully saturated rings. The Hall–Kier alpha value is -0.940. The van der Waals surface area contributed by atoms with Gasteiger partial charge in [-0.2, -0.15) is 5.10 Å². The minimum absolute atomic E-state index is 0.391. The zero-order chi connectivity index (χ0) is 11.4. The molecule has 1 aromatic heterocycles. The number of aromatic nitrogens is 3. The molecule has 2 unspecified atom stereocenters. The van der Waals surface area contributed by atoms with Gasteiger partial charge in [0, 0.05) is 19.2 Å². The molecule has 1 saturated carbocycles. The molecule has 2 rings (SSSR count). The average Bonchev–Trinajstić information content (AvgIpc) is 2.98. The Morgan fingerprint density at radius 2 is 2.38 bits per heavy atom. The maximum absolute atomic E-state index is 5.24. The number of ether oxygens (including phenoxy) is 1. The molecule has 0 aliphatic heterocycles. The zero-order valence-electron chi connectivity index (χ0n) is 9.97. The molecule has 16 heavy (non-hydrogen) atoms. The standard InChI is InChI=1S/C11H20N4O/c1-9(5-15-8-12-7-13-15)14-11(6-16-2)10-3-4-10/h7-11,14H,3-6H2,1-2H3. The molecule has 1 aromatic rings. The van der Waals surface area contributed by atoms with Gasteiger partial charge in [0.05, 0.1) is 13.2 Å². The first-order valence-electron chi connectivity index (χ1n) is 5.87. The minimum Gasteiger partial charge on any atom is -0.383 e. The number of rotatable bonds is 7. The summed E-state index contributed by atoms with van der Waals surface area (Å²) in [5.41, 5.74) is 0. The van der Waals surface area contributed by atoms with Gasteiger partial charge in [0.2, 0.25) is 0 Å². The largest absolute Gasteiger partial charge is 0.383 e. The molecule has 1 aliphatic carbocycles. The Balaban J connectivity index is 1.78. The first-order valence-corrected chi connectivity index (χ1v) is 5.87. The molecule has 1 aliphatic rings. The lowest BCUT2D eigenvalue weighted by atomic mass is 10.1. The van der Waals surface area contributed by atoms with Crippen LogP contribution < -0.4 is 5.32 Å². The topological polar surface area (TPSA) is 52.0 Å². The van der Waals surface area contributed by atoms with Crippen molar-refractivity contribution >= 4 is 0 Å². The van der Waals surface area contributed by atoms with E-state index >= 15 is 0 Å². The molecule has 5 nitrogen and oxygen atoms in total. The molecule has 0 saturated heterocycles. The van der Waals surface area contributed by atoms with Crippen LogP contribution in [0.3, 0.4) is 0 Å². The van der Waals surface area contributed by atoms with E-state index in [9.17, 15) is 0 Å². The fraction of sp³-hybridized carbons (Fsp3) is 0.818. The second-order valence-corrected chi connectivity index (χ2v) is 4.58. The summed E-state index contributed by atoms with van der Waals surface area (Å²) < 4.78 is 7.10. The molecule has 0 aromatic carbocycles. The Morgan fingerprint density at radius 1 is 1.56 bits per heavy atom. The average molecular weight is 224 g/mol. The second-order valence-electron chi connectivity index (χ2n) is 4.58. The third-order valence-corrected chi connectivity index (χ3v) is 2.96. The maximum atomic E-state index is 5.24. The van der Waals surface area contributed by atoms with E-state index in [2.05, 4.69) is 22.3 Å². The second kappa shape index (κ2) is 5.41. The maximum Gasteiger partial charge on any atom is 0.137 e. The fourth-order valence-electron chi connectivity index (χ4n) is 2.02. The van der Waals surface area contributed by atoms with Gasteiger partial charge in [-0.3, -0.25) is 4.68 Å². The Bertz CT molecular complexity index is 297. The van der Waals surface area contributed by atoms with Crippen molar-refractivity contribution in [2.45, 2.75) is 38.4 Å². The van der Waals surface area contributed by atoms with E-state index in [1.54, 1.807) is 19.8 Å². The van der Waals surface area contributed by atoms with Crippen LogP contribution in [0.1, 0.15) is 19.8 Å². The van der Waals surface area contributed by atoms with E-state index < -0.39 is 0 Å². The van der Waals surface area contributed by atoms with Crippen LogP contribution in [0.5, 0.6) is 0 Å². The number of hydrogen-bond acceptors (Lipinski definition) is 4. The monoisotopic (exact) mass is 224 g/mol. The quantitative estimate of drug-likeness (QED) is 0.740. The van der Waals surface area contributed by atoms with Gasteiger partial charge in [0.25, 0.3) is 0 Å². The third kappa shape index (κ3) is 3.28. The van der Waals surface area contributed by atoms with Crippen molar-refractivity contribution in [3.05, 3.63) is 12.7 Å². The van der Waals surface area contributed by atoms with E-state index in [1.807, 2.05) is 4.68 Å². The van der Waals surface area contributed by atoms with Gasteiger partial charge >= 0.3 is 0 Å². The summed E-state index contributed by atoms with van der Waals surface area (Å²) in [7, 11) is 1.76. The Labute approximate surface area is 96.2 Å². The minimum atomic E-state index is 0.391. The van der Waals surface area contributed by atoms with Crippen molar-refractivity contribution in [3.63, 3.8) is 0 Å². The van der Waals surface area contributed by atoms with Crippen molar-refractivity contribution in [2.24, 2.45) is 5.92 Å². The highest BCUT2D eigenvalue weighted by atomic mass is 16.5. The molecule has 5 heteroatoms. The molecular formula is C11H20N4O. The first-order chi connectivity index (χ1) is 7.79. The number of nitrogens with one attached hydrogen (secondary N) is 1. The number of methoxy groups -OCH3 is 1. The molecule has 0 radical (unpaired) electrons. The predicted octanol–water partition coefficient (Wildman–Crippen LogP) is 0.681. The van der Waals surface area contributed by atoms with Gasteiger partial charge in [0.15, 0.2) is 0 Å². The van der Waals surface area contributed by atoms with E-state index in [1.165, 1.54) is 12.8 Å². The van der Waals surface area contributed by atoms with Gasteiger partial charge in [0.1, 0.15) is 12.7 Å². The number of nitrogens with zero attached hydrogens (tertiary/aromatic N) is 3. The summed E-state index contributed by atoms with van der Waals surface area (Å²) in [6.07, 6.45) is 5.98. The SMILES string of the molecule is COCC(NC(C)Cn1cncn1)C1CC1. The van der Waals surface area contributed by atoms with Crippen LogP contribution in [-0.2, 0) is 11.3 Å². The smallest absolute Gasteiger partial charge is 0.137 e. The summed E-state index contributed by atoms with van der Waals surface area (Å²) in [5.74, 6) is 0.804. The van der Waals surface area contributed by atoms with Crippen molar-refractivity contribution in [2.75, 3.05) is 13.7 Å². The van der Waals surface area contributed by atoms with E-state index in [-0.39, 0.29) is 0 Å². The highest BCUT2D eigenvalue weighted by molar-refractivity contribution is 4.87. The molecule has 0 amide bonds. The lowest BCUT2D eigenvalue weighted by molar-refractivity contribution is 0.150. The van der Waals surface area contributed by atoms with E-state index in [4.69, 9.17) is 4.74 Å². The van der Waals surface area contributed by atoms with Crippen LogP contribution in [0.25, 0.3) is 0 Å². The number of hydrogen-bond donors (Lipinski definition) is 1. The van der Waals surface area contributed by atoms with Crippen LogP contribution in [0.15, 0.2) is 12.7 Å². The summed E-state index contributed by atoms with van der Waals surface area (Å²) in [6.45, 7) is 3.83. The summed E-state index contributed by atoms with van der Waals surface area (Å²) in [4.78, 5) is 3.94. The van der Waals surface area contributed by atoms with E-state index in [0.717, 1.165) is 19.1 Å². The van der Waals surface area contributed by atoms with Gasteiger partial charge in [-0.15, -0.1) is 0 Å². The van der Waals surface area contributed by atoms with Crippen molar-refractivity contribution < 1.29 is 4.74 Å². The fourth-order valence-corrected chi connectivity index (χ4v) is 2.02. The molecule has 1 heterocycles. The van der Waals surface area contributed by atoms with Crippen molar-refractivity contribution in [1.82, 2.24) is 20.1 Å². The lowest BCUT2D eigenvalue weighted by Gasteiger charge is -2.22. The van der Waals surface area contributed by atoms with Crippen LogP contribution >= 0.6 is 0 Å². The van der Waals surface area contributed by atoms with Gasteiger partial charge in [-0.1, -0.05) is 0 Å². The highest BCUT2D eigenvalue weighted by Gasteiger charge is 2.31.